The Morgan fingerprint density at radius 1 is 1.36 bits per heavy atom. The number of hydrogen-bond acceptors (Lipinski definition) is 4. The van der Waals surface area contributed by atoms with Crippen molar-refractivity contribution in [3.8, 4) is 0 Å². The maximum atomic E-state index is 12.3. The average molecular weight is 413 g/mol. The van der Waals surface area contributed by atoms with Crippen LogP contribution in [0.1, 0.15) is 19.8 Å². The maximum absolute atomic E-state index is 12.3. The summed E-state index contributed by atoms with van der Waals surface area (Å²) in [5, 5.41) is 3.51. The predicted octanol–water partition coefficient (Wildman–Crippen LogP) is 2.96. The SMILES string of the molecule is CCCN(CC(=O)Nc1cc(Cl)ccc1Cl)C(=O)CC(CN)OC.Cl. The van der Waals surface area contributed by atoms with Gasteiger partial charge in [-0.05, 0) is 24.6 Å². The van der Waals surface area contributed by atoms with Crippen LogP contribution in [0.3, 0.4) is 0 Å². The van der Waals surface area contributed by atoms with Crippen molar-refractivity contribution in [3.05, 3.63) is 28.2 Å². The van der Waals surface area contributed by atoms with E-state index in [1.54, 1.807) is 18.2 Å². The molecule has 0 spiro atoms. The summed E-state index contributed by atoms with van der Waals surface area (Å²) in [5.74, 6) is -0.524. The van der Waals surface area contributed by atoms with Crippen molar-refractivity contribution in [3.63, 3.8) is 0 Å². The van der Waals surface area contributed by atoms with Gasteiger partial charge >= 0.3 is 0 Å². The van der Waals surface area contributed by atoms with E-state index in [9.17, 15) is 9.59 Å². The average Bonchev–Trinajstić information content (AvgIpc) is 2.55. The van der Waals surface area contributed by atoms with Crippen LogP contribution >= 0.6 is 35.6 Å². The summed E-state index contributed by atoms with van der Waals surface area (Å²) < 4.78 is 5.12. The quantitative estimate of drug-likeness (QED) is 0.653. The number of carbonyl (C=O) groups is 2. The summed E-state index contributed by atoms with van der Waals surface area (Å²) in [4.78, 5) is 26.0. The maximum Gasteiger partial charge on any atom is 0.244 e. The Bertz CT molecular complexity index is 569. The van der Waals surface area contributed by atoms with Crippen molar-refractivity contribution >= 4 is 53.1 Å². The molecule has 0 aliphatic heterocycles. The van der Waals surface area contributed by atoms with Crippen LogP contribution in [0.25, 0.3) is 0 Å². The Morgan fingerprint density at radius 2 is 2.04 bits per heavy atom. The van der Waals surface area contributed by atoms with Crippen LogP contribution in [0.2, 0.25) is 10.0 Å². The molecule has 0 fully saturated rings. The zero-order valence-corrected chi connectivity index (χ0v) is 16.6. The summed E-state index contributed by atoms with van der Waals surface area (Å²) in [6, 6.07) is 4.78. The van der Waals surface area contributed by atoms with E-state index in [4.69, 9.17) is 33.7 Å². The molecule has 0 aliphatic rings. The van der Waals surface area contributed by atoms with Crippen LogP contribution in [0, 0.1) is 0 Å². The first-order chi connectivity index (χ1) is 11.4. The van der Waals surface area contributed by atoms with Crippen molar-refractivity contribution in [2.45, 2.75) is 25.9 Å². The zero-order chi connectivity index (χ0) is 18.1. The number of methoxy groups -OCH3 is 1. The number of nitrogens with one attached hydrogen (secondary N) is 1. The van der Waals surface area contributed by atoms with Gasteiger partial charge in [-0.1, -0.05) is 30.1 Å². The molecule has 0 saturated carbocycles. The summed E-state index contributed by atoms with van der Waals surface area (Å²) in [6.07, 6.45) is 0.511. The Morgan fingerprint density at radius 3 is 2.60 bits per heavy atom. The standard InChI is InChI=1S/C16H23Cl2N3O3.ClH/c1-3-6-21(16(23)8-12(9-19)24-2)10-15(22)20-14-7-11(17)4-5-13(14)18;/h4-5,7,12H,3,6,8-10,19H2,1-2H3,(H,20,22);1H. The number of hydrogen-bond donors (Lipinski definition) is 2. The number of carbonyl (C=O) groups excluding carboxylic acids is 2. The molecule has 1 rings (SSSR count). The molecule has 1 atom stereocenters. The minimum absolute atomic E-state index is 0. The van der Waals surface area contributed by atoms with Crippen LogP contribution in [0.5, 0.6) is 0 Å². The van der Waals surface area contributed by atoms with E-state index < -0.39 is 0 Å². The van der Waals surface area contributed by atoms with E-state index in [1.807, 2.05) is 6.92 Å². The van der Waals surface area contributed by atoms with Gasteiger partial charge in [0.25, 0.3) is 0 Å². The molecular formula is C16H24Cl3N3O3. The van der Waals surface area contributed by atoms with Crippen LogP contribution in [-0.4, -0.2) is 49.6 Å². The topological polar surface area (TPSA) is 84.7 Å². The molecule has 6 nitrogen and oxygen atoms in total. The van der Waals surface area contributed by atoms with Crippen molar-refractivity contribution < 1.29 is 14.3 Å². The van der Waals surface area contributed by atoms with Gasteiger partial charge in [0.2, 0.25) is 11.8 Å². The highest BCUT2D eigenvalue weighted by Gasteiger charge is 2.20. The smallest absolute Gasteiger partial charge is 0.244 e. The highest BCUT2D eigenvalue weighted by Crippen LogP contribution is 2.25. The van der Waals surface area contributed by atoms with Crippen LogP contribution in [-0.2, 0) is 14.3 Å². The number of nitrogens with two attached hydrogens (primary N) is 1. The molecule has 0 aliphatic carbocycles. The Kier molecular flexibility index (Phi) is 11.8. The van der Waals surface area contributed by atoms with Gasteiger partial charge in [-0.3, -0.25) is 9.59 Å². The molecule has 0 bridgehead atoms. The number of amides is 2. The van der Waals surface area contributed by atoms with E-state index in [2.05, 4.69) is 5.32 Å². The summed E-state index contributed by atoms with van der Waals surface area (Å²) >= 11 is 11.9. The minimum atomic E-state index is -0.359. The molecule has 1 aromatic carbocycles. The minimum Gasteiger partial charge on any atom is -0.380 e. The van der Waals surface area contributed by atoms with Crippen LogP contribution in [0.15, 0.2) is 18.2 Å². The molecule has 1 unspecified atom stereocenters. The van der Waals surface area contributed by atoms with Crippen molar-refractivity contribution in [1.29, 1.82) is 0 Å². The normalized spacial score (nSPS) is 11.4. The fourth-order valence-electron chi connectivity index (χ4n) is 2.10. The number of nitrogens with zero attached hydrogens (tertiary/aromatic N) is 1. The lowest BCUT2D eigenvalue weighted by Gasteiger charge is -2.23. The molecule has 1 aromatic rings. The molecule has 3 N–H and O–H groups in total. The Hall–Kier alpha value is -1.05. The van der Waals surface area contributed by atoms with Gasteiger partial charge in [0.05, 0.1) is 29.8 Å². The third-order valence-corrected chi connectivity index (χ3v) is 3.95. The van der Waals surface area contributed by atoms with Gasteiger partial charge in [0.1, 0.15) is 0 Å². The summed E-state index contributed by atoms with van der Waals surface area (Å²) in [6.45, 7) is 2.57. The number of ether oxygens (including phenoxy) is 1. The fourth-order valence-corrected chi connectivity index (χ4v) is 2.44. The zero-order valence-electron chi connectivity index (χ0n) is 14.3. The molecule has 0 aromatic heterocycles. The van der Waals surface area contributed by atoms with Gasteiger partial charge in [-0.2, -0.15) is 0 Å². The molecule has 9 heteroatoms. The van der Waals surface area contributed by atoms with E-state index in [1.165, 1.54) is 12.0 Å². The molecule has 0 heterocycles. The third kappa shape index (κ3) is 8.25. The van der Waals surface area contributed by atoms with Gasteiger partial charge < -0.3 is 20.7 Å². The number of rotatable bonds is 9. The van der Waals surface area contributed by atoms with Gasteiger partial charge in [-0.15, -0.1) is 12.4 Å². The number of anilines is 1. The molecule has 0 radical (unpaired) electrons. The first-order valence-electron chi connectivity index (χ1n) is 7.66. The highest BCUT2D eigenvalue weighted by molar-refractivity contribution is 6.35. The van der Waals surface area contributed by atoms with E-state index in [-0.39, 0.29) is 49.8 Å². The van der Waals surface area contributed by atoms with Crippen LogP contribution in [0.4, 0.5) is 5.69 Å². The molecule has 142 valence electrons. The first-order valence-corrected chi connectivity index (χ1v) is 8.42. The predicted molar refractivity (Wildman–Crippen MR) is 104 cm³/mol. The Balaban J connectivity index is 0.00000576. The second-order valence-electron chi connectivity index (χ2n) is 5.29. The second-order valence-corrected chi connectivity index (χ2v) is 6.13. The lowest BCUT2D eigenvalue weighted by molar-refractivity contribution is -0.136. The van der Waals surface area contributed by atoms with Crippen molar-refractivity contribution in [1.82, 2.24) is 4.90 Å². The lowest BCUT2D eigenvalue weighted by atomic mass is 10.2. The molecular weight excluding hydrogens is 389 g/mol. The first kappa shape index (κ1) is 23.9. The number of benzene rings is 1. The lowest BCUT2D eigenvalue weighted by Crippen LogP contribution is -2.41. The summed E-state index contributed by atoms with van der Waals surface area (Å²) in [7, 11) is 1.50. The summed E-state index contributed by atoms with van der Waals surface area (Å²) in [5.41, 5.74) is 5.95. The van der Waals surface area contributed by atoms with E-state index in [0.717, 1.165) is 6.42 Å². The van der Waals surface area contributed by atoms with E-state index in [0.29, 0.717) is 22.3 Å². The van der Waals surface area contributed by atoms with Gasteiger partial charge in [0, 0.05) is 25.2 Å². The fraction of sp³-hybridized carbons (Fsp3) is 0.500. The Labute approximate surface area is 164 Å². The number of halogens is 3. The van der Waals surface area contributed by atoms with Gasteiger partial charge in [-0.25, -0.2) is 0 Å². The molecule has 2 amide bonds. The van der Waals surface area contributed by atoms with Crippen molar-refractivity contribution in [2.75, 3.05) is 32.1 Å². The monoisotopic (exact) mass is 411 g/mol. The van der Waals surface area contributed by atoms with E-state index >= 15 is 0 Å². The van der Waals surface area contributed by atoms with Crippen molar-refractivity contribution in [2.24, 2.45) is 5.73 Å². The highest BCUT2D eigenvalue weighted by atomic mass is 35.5. The largest absolute Gasteiger partial charge is 0.380 e. The molecule has 0 saturated heterocycles. The van der Waals surface area contributed by atoms with Gasteiger partial charge in [0.15, 0.2) is 0 Å². The van der Waals surface area contributed by atoms with Crippen LogP contribution < -0.4 is 11.1 Å². The second kappa shape index (κ2) is 12.3. The third-order valence-electron chi connectivity index (χ3n) is 3.38. The molecule has 25 heavy (non-hydrogen) atoms.